The number of nitrogens with one attached hydrogen (secondary N) is 2. The highest BCUT2D eigenvalue weighted by atomic mass is 16.5. The topological polar surface area (TPSA) is 96.4 Å². The van der Waals surface area contributed by atoms with E-state index in [0.29, 0.717) is 36.1 Å². The van der Waals surface area contributed by atoms with E-state index in [2.05, 4.69) is 20.6 Å². The van der Waals surface area contributed by atoms with Gasteiger partial charge in [0.05, 0.1) is 23.8 Å². The van der Waals surface area contributed by atoms with Gasteiger partial charge in [0.2, 0.25) is 5.95 Å². The van der Waals surface area contributed by atoms with Gasteiger partial charge in [-0.1, -0.05) is 12.1 Å². The molecule has 1 saturated heterocycles. The zero-order valence-electron chi connectivity index (χ0n) is 15.4. The van der Waals surface area contributed by atoms with Crippen LogP contribution in [0.5, 0.6) is 0 Å². The number of para-hydroxylation sites is 1. The Hall–Kier alpha value is -2.25. The molecule has 1 aromatic carbocycles. The molecule has 1 amide bonds. The number of aliphatic hydroxyl groups is 1. The first-order valence-corrected chi connectivity index (χ1v) is 9.75. The van der Waals surface area contributed by atoms with E-state index < -0.39 is 0 Å². The average molecular weight is 370 g/mol. The lowest BCUT2D eigenvalue weighted by atomic mass is 9.93. The van der Waals surface area contributed by atoms with Gasteiger partial charge in [0.15, 0.2) is 0 Å². The van der Waals surface area contributed by atoms with Crippen LogP contribution in [0.2, 0.25) is 0 Å². The third kappa shape index (κ3) is 4.36. The van der Waals surface area contributed by atoms with Crippen molar-refractivity contribution in [3.63, 3.8) is 0 Å². The molecule has 4 rings (SSSR count). The molecule has 7 heteroatoms. The minimum absolute atomic E-state index is 0.113. The molecule has 1 atom stereocenters. The van der Waals surface area contributed by atoms with Crippen molar-refractivity contribution >= 4 is 22.8 Å². The number of ether oxygens (including phenoxy) is 1. The molecule has 2 fully saturated rings. The van der Waals surface area contributed by atoms with E-state index in [-0.39, 0.29) is 18.1 Å². The summed E-state index contributed by atoms with van der Waals surface area (Å²) in [6, 6.07) is 5.83. The van der Waals surface area contributed by atoms with Gasteiger partial charge in [-0.25, -0.2) is 9.97 Å². The second-order valence-corrected chi connectivity index (χ2v) is 7.53. The first-order chi connectivity index (χ1) is 13.2. The Morgan fingerprint density at radius 1 is 1.22 bits per heavy atom. The van der Waals surface area contributed by atoms with Crippen LogP contribution < -0.4 is 10.6 Å². The van der Waals surface area contributed by atoms with E-state index >= 15 is 0 Å². The highest BCUT2D eigenvalue weighted by Gasteiger charge is 2.21. The summed E-state index contributed by atoms with van der Waals surface area (Å²) in [4.78, 5) is 21.7. The fourth-order valence-electron chi connectivity index (χ4n) is 3.79. The van der Waals surface area contributed by atoms with Crippen molar-refractivity contribution in [1.29, 1.82) is 0 Å². The first-order valence-electron chi connectivity index (χ1n) is 9.75. The SMILES string of the molecule is O=C(NCC1CCOC1)c1cccc2cnc(NC3CCC(O)CC3)nc12. The van der Waals surface area contributed by atoms with Crippen LogP contribution in [0, 0.1) is 5.92 Å². The molecule has 2 aliphatic rings. The van der Waals surface area contributed by atoms with Gasteiger partial charge in [-0.05, 0) is 38.2 Å². The van der Waals surface area contributed by atoms with Gasteiger partial charge in [0.25, 0.3) is 5.91 Å². The summed E-state index contributed by atoms with van der Waals surface area (Å²) >= 11 is 0. The zero-order valence-corrected chi connectivity index (χ0v) is 15.4. The molecule has 1 aromatic heterocycles. The highest BCUT2D eigenvalue weighted by Crippen LogP contribution is 2.23. The van der Waals surface area contributed by atoms with Crippen LogP contribution in [-0.2, 0) is 4.74 Å². The highest BCUT2D eigenvalue weighted by molar-refractivity contribution is 6.05. The average Bonchev–Trinajstić information content (AvgIpc) is 3.21. The summed E-state index contributed by atoms with van der Waals surface area (Å²) in [7, 11) is 0. The number of hydrogen-bond donors (Lipinski definition) is 3. The Kier molecular flexibility index (Phi) is 5.50. The standard InChI is InChI=1S/C20H26N4O3/c25-16-6-4-15(5-7-16)23-20-22-11-14-2-1-3-17(18(14)24-20)19(26)21-10-13-8-9-27-12-13/h1-3,11,13,15-16,25H,4-10,12H2,(H,21,26)(H,22,23,24). The number of carbonyl (C=O) groups excluding carboxylic acids is 1. The second kappa shape index (κ2) is 8.19. The Morgan fingerprint density at radius 3 is 2.85 bits per heavy atom. The van der Waals surface area contributed by atoms with Gasteiger partial charge in [0, 0.05) is 36.7 Å². The largest absolute Gasteiger partial charge is 0.393 e. The quantitative estimate of drug-likeness (QED) is 0.746. The number of rotatable bonds is 5. The number of carbonyl (C=O) groups is 1. The van der Waals surface area contributed by atoms with Crippen LogP contribution in [0.3, 0.4) is 0 Å². The maximum Gasteiger partial charge on any atom is 0.253 e. The van der Waals surface area contributed by atoms with E-state index in [9.17, 15) is 9.90 Å². The minimum Gasteiger partial charge on any atom is -0.393 e. The molecule has 2 heterocycles. The summed E-state index contributed by atoms with van der Waals surface area (Å²) in [5.41, 5.74) is 1.22. The Morgan fingerprint density at radius 2 is 2.07 bits per heavy atom. The first kappa shape index (κ1) is 18.1. The van der Waals surface area contributed by atoms with Crippen LogP contribution in [0.25, 0.3) is 10.9 Å². The van der Waals surface area contributed by atoms with E-state index in [1.165, 1.54) is 0 Å². The molecular formula is C20H26N4O3. The third-order valence-corrected chi connectivity index (χ3v) is 5.46. The molecule has 0 radical (unpaired) electrons. The number of hydrogen-bond acceptors (Lipinski definition) is 6. The monoisotopic (exact) mass is 370 g/mol. The number of amides is 1. The van der Waals surface area contributed by atoms with Crippen molar-refractivity contribution in [3.8, 4) is 0 Å². The van der Waals surface area contributed by atoms with Crippen LogP contribution in [0.15, 0.2) is 24.4 Å². The van der Waals surface area contributed by atoms with Crippen molar-refractivity contribution in [3.05, 3.63) is 30.0 Å². The van der Waals surface area contributed by atoms with Gasteiger partial charge in [0.1, 0.15) is 0 Å². The number of aliphatic hydroxyl groups excluding tert-OH is 1. The fraction of sp³-hybridized carbons (Fsp3) is 0.550. The Labute approximate surface area is 158 Å². The molecule has 1 saturated carbocycles. The Bertz CT molecular complexity index is 799. The molecule has 27 heavy (non-hydrogen) atoms. The van der Waals surface area contributed by atoms with Crippen LogP contribution in [0.1, 0.15) is 42.5 Å². The summed E-state index contributed by atoms with van der Waals surface area (Å²) in [5, 5.41) is 16.9. The van der Waals surface area contributed by atoms with Gasteiger partial charge in [-0.3, -0.25) is 4.79 Å². The van der Waals surface area contributed by atoms with Crippen molar-refractivity contribution < 1.29 is 14.6 Å². The lowest BCUT2D eigenvalue weighted by Gasteiger charge is -2.26. The lowest BCUT2D eigenvalue weighted by Crippen LogP contribution is -2.30. The van der Waals surface area contributed by atoms with Crippen LogP contribution >= 0.6 is 0 Å². The third-order valence-electron chi connectivity index (χ3n) is 5.46. The molecule has 1 unspecified atom stereocenters. The van der Waals surface area contributed by atoms with Gasteiger partial charge >= 0.3 is 0 Å². The summed E-state index contributed by atoms with van der Waals surface area (Å²) < 4.78 is 5.36. The summed E-state index contributed by atoms with van der Waals surface area (Å²) in [6.07, 6.45) is 5.93. The summed E-state index contributed by atoms with van der Waals surface area (Å²) in [5.74, 6) is 0.809. The van der Waals surface area contributed by atoms with Crippen molar-refractivity contribution in [2.45, 2.75) is 44.2 Å². The molecular weight excluding hydrogens is 344 g/mol. The molecule has 3 N–H and O–H groups in total. The maximum absolute atomic E-state index is 12.7. The molecule has 0 spiro atoms. The Balaban J connectivity index is 1.49. The van der Waals surface area contributed by atoms with Crippen molar-refractivity contribution in [1.82, 2.24) is 15.3 Å². The molecule has 1 aliphatic heterocycles. The molecule has 7 nitrogen and oxygen atoms in total. The van der Waals surface area contributed by atoms with Gasteiger partial charge in [-0.2, -0.15) is 0 Å². The fourth-order valence-corrected chi connectivity index (χ4v) is 3.79. The molecule has 2 aromatic rings. The van der Waals surface area contributed by atoms with Gasteiger partial charge in [-0.15, -0.1) is 0 Å². The van der Waals surface area contributed by atoms with Crippen LogP contribution in [-0.4, -0.2) is 52.9 Å². The van der Waals surface area contributed by atoms with E-state index in [0.717, 1.165) is 44.1 Å². The number of anilines is 1. The normalized spacial score (nSPS) is 25.4. The number of fused-ring (bicyclic) bond motifs is 1. The molecule has 0 bridgehead atoms. The van der Waals surface area contributed by atoms with Crippen molar-refractivity contribution in [2.75, 3.05) is 25.1 Å². The van der Waals surface area contributed by atoms with Crippen molar-refractivity contribution in [2.24, 2.45) is 5.92 Å². The minimum atomic E-state index is -0.193. The maximum atomic E-state index is 12.7. The zero-order chi connectivity index (χ0) is 18.6. The lowest BCUT2D eigenvalue weighted by molar-refractivity contribution is 0.0946. The number of aromatic nitrogens is 2. The van der Waals surface area contributed by atoms with E-state index in [1.54, 1.807) is 12.3 Å². The van der Waals surface area contributed by atoms with Gasteiger partial charge < -0.3 is 20.5 Å². The van der Waals surface area contributed by atoms with E-state index in [1.807, 2.05) is 12.1 Å². The molecule has 144 valence electrons. The number of benzene rings is 1. The summed E-state index contributed by atoms with van der Waals surface area (Å²) in [6.45, 7) is 2.10. The smallest absolute Gasteiger partial charge is 0.253 e. The van der Waals surface area contributed by atoms with E-state index in [4.69, 9.17) is 4.74 Å². The molecule has 1 aliphatic carbocycles. The predicted octanol–water partition coefficient (Wildman–Crippen LogP) is 2.11. The second-order valence-electron chi connectivity index (χ2n) is 7.53. The predicted molar refractivity (Wildman–Crippen MR) is 103 cm³/mol. The number of nitrogens with zero attached hydrogens (tertiary/aromatic N) is 2. The van der Waals surface area contributed by atoms with Crippen LogP contribution in [0.4, 0.5) is 5.95 Å².